The monoisotopic (exact) mass is 519 g/mol. The minimum absolute atomic E-state index is 0.0112. The third-order valence-electron chi connectivity index (χ3n) is 4.79. The van der Waals surface area contributed by atoms with E-state index in [1.54, 1.807) is 33.1 Å². The van der Waals surface area contributed by atoms with Gasteiger partial charge in [0, 0.05) is 35.1 Å². The molecule has 0 amide bonds. The molecule has 0 bridgehead atoms. The van der Waals surface area contributed by atoms with Gasteiger partial charge in [0.05, 0.1) is 21.3 Å². The molecule has 3 rings (SSSR count). The van der Waals surface area contributed by atoms with Crippen LogP contribution in [0.3, 0.4) is 0 Å². The second-order valence-corrected chi connectivity index (χ2v) is 11.9. The first kappa shape index (κ1) is 25.9. The summed E-state index contributed by atoms with van der Waals surface area (Å²) in [6.45, 7) is 6.94. The number of benzene rings is 1. The van der Waals surface area contributed by atoms with Crippen LogP contribution in [0.2, 0.25) is 5.02 Å². The molecular weight excluding hydrogens is 498 g/mol. The van der Waals surface area contributed by atoms with Crippen LogP contribution in [0, 0.1) is 12.7 Å². The van der Waals surface area contributed by atoms with E-state index in [1.165, 1.54) is 29.7 Å². The molecule has 11 heteroatoms. The normalized spacial score (nSPS) is 15.3. The summed E-state index contributed by atoms with van der Waals surface area (Å²) in [4.78, 5) is 8.77. The van der Waals surface area contributed by atoms with Gasteiger partial charge in [0.2, 0.25) is 0 Å². The second kappa shape index (κ2) is 9.50. The average molecular weight is 520 g/mol. The largest absolute Gasteiger partial charge is 0.598 e. The molecule has 0 spiro atoms. The van der Waals surface area contributed by atoms with E-state index >= 15 is 0 Å². The lowest BCUT2D eigenvalue weighted by Crippen LogP contribution is -2.53. The summed E-state index contributed by atoms with van der Waals surface area (Å²) in [5.74, 6) is -1.07. The Morgan fingerprint density at radius 1 is 1.12 bits per heavy atom. The zero-order chi connectivity index (χ0) is 24.6. The molecular formula is C22H22ClF4N3OS2. The fourth-order valence-corrected chi connectivity index (χ4v) is 5.02. The third kappa shape index (κ3) is 6.05. The predicted molar refractivity (Wildman–Crippen MR) is 123 cm³/mol. The first-order valence-electron chi connectivity index (χ1n) is 9.82. The van der Waals surface area contributed by atoms with Crippen molar-refractivity contribution in [2.75, 3.05) is 0 Å². The van der Waals surface area contributed by atoms with Crippen LogP contribution in [-0.4, -0.2) is 19.3 Å². The van der Waals surface area contributed by atoms with Crippen molar-refractivity contribution in [2.24, 2.45) is 0 Å². The minimum atomic E-state index is -4.78. The SMILES string of the molecule is Cc1csc(C[C@](N[S@@+]([O-])C(C)(C)C)(c2cc(F)cc(C(F)(F)F)c2)c2ccc(Cl)cn2)n1. The van der Waals surface area contributed by atoms with E-state index in [0.717, 1.165) is 17.8 Å². The average Bonchev–Trinajstić information content (AvgIpc) is 3.10. The first-order chi connectivity index (χ1) is 15.2. The molecule has 0 aliphatic rings. The Kier molecular flexibility index (Phi) is 7.45. The van der Waals surface area contributed by atoms with Crippen LogP contribution >= 0.6 is 22.9 Å². The maximum atomic E-state index is 14.5. The van der Waals surface area contributed by atoms with Crippen molar-refractivity contribution >= 4 is 34.3 Å². The van der Waals surface area contributed by atoms with Crippen molar-refractivity contribution in [3.05, 3.63) is 80.3 Å². The zero-order valence-electron chi connectivity index (χ0n) is 18.3. The molecule has 4 nitrogen and oxygen atoms in total. The van der Waals surface area contributed by atoms with E-state index in [9.17, 15) is 22.1 Å². The number of thiazole rings is 1. The number of nitrogens with zero attached hydrogens (tertiary/aromatic N) is 2. The molecule has 0 unspecified atom stereocenters. The van der Waals surface area contributed by atoms with Crippen molar-refractivity contribution in [3.63, 3.8) is 0 Å². The summed E-state index contributed by atoms with van der Waals surface area (Å²) in [5, 5.41) is 2.66. The molecule has 0 radical (unpaired) electrons. The van der Waals surface area contributed by atoms with Crippen molar-refractivity contribution in [1.82, 2.24) is 14.7 Å². The predicted octanol–water partition coefficient (Wildman–Crippen LogP) is 6.20. The van der Waals surface area contributed by atoms with E-state index < -0.39 is 39.2 Å². The highest BCUT2D eigenvalue weighted by Crippen LogP contribution is 2.39. The van der Waals surface area contributed by atoms with Crippen LogP contribution in [0.25, 0.3) is 0 Å². The Bertz CT molecular complexity index is 1120. The number of nitrogens with one attached hydrogen (secondary N) is 1. The topological polar surface area (TPSA) is 60.9 Å². The summed E-state index contributed by atoms with van der Waals surface area (Å²) in [6, 6.07) is 5.33. The van der Waals surface area contributed by atoms with E-state index in [1.807, 2.05) is 0 Å². The van der Waals surface area contributed by atoms with Gasteiger partial charge >= 0.3 is 6.18 Å². The van der Waals surface area contributed by atoms with Gasteiger partial charge in [-0.15, -0.1) is 16.1 Å². The number of hydrogen-bond donors (Lipinski definition) is 1. The number of rotatable bonds is 6. The van der Waals surface area contributed by atoms with Crippen LogP contribution in [0.15, 0.2) is 41.9 Å². The molecule has 178 valence electrons. The Morgan fingerprint density at radius 3 is 2.30 bits per heavy atom. The summed E-state index contributed by atoms with van der Waals surface area (Å²) in [7, 11) is 0. The van der Waals surface area contributed by atoms with Crippen molar-refractivity contribution in [3.8, 4) is 0 Å². The molecule has 2 heterocycles. The van der Waals surface area contributed by atoms with Gasteiger partial charge in [0.15, 0.2) is 0 Å². The maximum Gasteiger partial charge on any atom is 0.416 e. The van der Waals surface area contributed by atoms with E-state index in [0.29, 0.717) is 16.1 Å². The number of halogens is 5. The van der Waals surface area contributed by atoms with E-state index in [4.69, 9.17) is 11.6 Å². The van der Waals surface area contributed by atoms with Crippen LogP contribution in [0.4, 0.5) is 17.6 Å². The zero-order valence-corrected chi connectivity index (χ0v) is 20.6. The number of aryl methyl sites for hydroxylation is 1. The number of aromatic nitrogens is 2. The number of hydrogen-bond acceptors (Lipinski definition) is 5. The first-order valence-corrected chi connectivity index (χ1v) is 12.2. The van der Waals surface area contributed by atoms with Crippen LogP contribution in [-0.2, 0) is 29.5 Å². The lowest BCUT2D eigenvalue weighted by molar-refractivity contribution is -0.137. The maximum absolute atomic E-state index is 14.5. The molecule has 0 saturated heterocycles. The highest BCUT2D eigenvalue weighted by atomic mass is 35.5. The summed E-state index contributed by atoms with van der Waals surface area (Å²) in [5.41, 5.74) is -1.87. The molecule has 1 aromatic carbocycles. The smallest absolute Gasteiger partial charge is 0.416 e. The van der Waals surface area contributed by atoms with Gasteiger partial charge in [-0.25, -0.2) is 9.37 Å². The van der Waals surface area contributed by atoms with Crippen molar-refractivity contribution < 1.29 is 22.1 Å². The summed E-state index contributed by atoms with van der Waals surface area (Å²) < 4.78 is 70.7. The van der Waals surface area contributed by atoms with Crippen LogP contribution < -0.4 is 4.72 Å². The van der Waals surface area contributed by atoms with Gasteiger partial charge in [-0.05, 0) is 63.6 Å². The van der Waals surface area contributed by atoms with Gasteiger partial charge in [0.25, 0.3) is 0 Å². The standard InChI is InChI=1S/C22H22ClF4N3OS2/c1-13-12-32-19(29-13)10-21(30-33(31)20(2,3)4,18-6-5-16(23)11-28-18)14-7-15(22(25,26)27)9-17(24)8-14/h5-9,11-12,30H,10H2,1-4H3/t21-,33-/m0/s1. The van der Waals surface area contributed by atoms with Crippen LogP contribution in [0.1, 0.15) is 48.3 Å². The van der Waals surface area contributed by atoms with E-state index in [2.05, 4.69) is 14.7 Å². The Balaban J connectivity index is 2.32. The second-order valence-electron chi connectivity index (χ2n) is 8.54. The molecule has 0 saturated carbocycles. The summed E-state index contributed by atoms with van der Waals surface area (Å²) >= 11 is 5.53. The van der Waals surface area contributed by atoms with Gasteiger partial charge < -0.3 is 4.55 Å². The number of pyridine rings is 1. The van der Waals surface area contributed by atoms with Gasteiger partial charge in [0.1, 0.15) is 16.1 Å². The Hall–Kier alpha value is -1.72. The van der Waals surface area contributed by atoms with Gasteiger partial charge in [-0.2, -0.15) is 13.2 Å². The van der Waals surface area contributed by atoms with Gasteiger partial charge in [-0.3, -0.25) is 4.98 Å². The van der Waals surface area contributed by atoms with Crippen LogP contribution in [0.5, 0.6) is 0 Å². The van der Waals surface area contributed by atoms with Crippen molar-refractivity contribution in [2.45, 2.75) is 50.6 Å². The van der Waals surface area contributed by atoms with Crippen molar-refractivity contribution in [1.29, 1.82) is 0 Å². The summed E-state index contributed by atoms with van der Waals surface area (Å²) in [6.07, 6.45) is -3.45. The van der Waals surface area contributed by atoms with Gasteiger partial charge in [-0.1, -0.05) is 11.6 Å². The molecule has 1 N–H and O–H groups in total. The number of alkyl halides is 3. The molecule has 0 aliphatic heterocycles. The fourth-order valence-electron chi connectivity index (χ4n) is 3.14. The highest BCUT2D eigenvalue weighted by molar-refractivity contribution is 7.90. The Morgan fingerprint density at radius 2 is 1.79 bits per heavy atom. The molecule has 2 atom stereocenters. The highest BCUT2D eigenvalue weighted by Gasteiger charge is 2.45. The third-order valence-corrected chi connectivity index (χ3v) is 7.63. The van der Waals surface area contributed by atoms with E-state index in [-0.39, 0.29) is 17.7 Å². The fraction of sp³-hybridized carbons (Fsp3) is 0.364. The molecule has 0 aliphatic carbocycles. The molecule has 0 fully saturated rings. The molecule has 3 aromatic rings. The molecule has 33 heavy (non-hydrogen) atoms. The minimum Gasteiger partial charge on any atom is -0.598 e. The lowest BCUT2D eigenvalue weighted by atomic mass is 9.83. The molecule has 2 aromatic heterocycles. The lowest BCUT2D eigenvalue weighted by Gasteiger charge is -2.37. The quantitative estimate of drug-likeness (QED) is 0.311. The Labute approximate surface area is 201 Å².